The molecule has 4 aliphatic rings. The van der Waals surface area contributed by atoms with Crippen LogP contribution in [0.3, 0.4) is 0 Å². The van der Waals surface area contributed by atoms with Gasteiger partial charge in [-0.1, -0.05) is 48.5 Å². The molecule has 0 saturated carbocycles. The molecule has 34 heavy (non-hydrogen) atoms. The van der Waals surface area contributed by atoms with Crippen molar-refractivity contribution < 1.29 is 14.2 Å². The summed E-state index contributed by atoms with van der Waals surface area (Å²) >= 11 is 1.83. The van der Waals surface area contributed by atoms with E-state index in [0.717, 1.165) is 12.8 Å². The first-order valence-electron chi connectivity index (χ1n) is 11.9. The fraction of sp³-hybridized carbons (Fsp3) is 0.429. The first-order valence-corrected chi connectivity index (χ1v) is 15.6. The van der Waals surface area contributed by atoms with Crippen molar-refractivity contribution in [2.75, 3.05) is 0 Å². The van der Waals surface area contributed by atoms with Gasteiger partial charge in [-0.3, -0.25) is 0 Å². The number of ether oxygens (including phenoxy) is 3. The molecule has 4 aliphatic heterocycles. The Bertz CT molecular complexity index is 1180. The topological polar surface area (TPSA) is 27.7 Å². The van der Waals surface area contributed by atoms with Gasteiger partial charge >= 0.3 is 0 Å². The lowest BCUT2D eigenvalue weighted by atomic mass is 9.98. The first-order chi connectivity index (χ1) is 16.1. The van der Waals surface area contributed by atoms with Crippen molar-refractivity contribution in [3.63, 3.8) is 0 Å². The summed E-state index contributed by atoms with van der Waals surface area (Å²) in [5.41, 5.74) is 2.70. The predicted molar refractivity (Wildman–Crippen MR) is 145 cm³/mol. The smallest absolute Gasteiger partial charge is 0.173 e. The highest BCUT2D eigenvalue weighted by Crippen LogP contribution is 2.76. The number of hydrogen-bond acceptors (Lipinski definition) is 4. The van der Waals surface area contributed by atoms with E-state index in [9.17, 15) is 0 Å². The molecule has 7 rings (SSSR count). The zero-order valence-corrected chi connectivity index (χ0v) is 23.3. The van der Waals surface area contributed by atoms with Gasteiger partial charge in [-0.2, -0.15) is 11.3 Å². The molecule has 4 atom stereocenters. The Morgan fingerprint density at radius 3 is 1.71 bits per heavy atom. The van der Waals surface area contributed by atoms with Crippen LogP contribution in [0.25, 0.3) is 0 Å². The lowest BCUT2D eigenvalue weighted by Crippen LogP contribution is -2.72. The van der Waals surface area contributed by atoms with Crippen molar-refractivity contribution >= 4 is 48.4 Å². The zero-order chi connectivity index (χ0) is 23.9. The fourth-order valence-corrected chi connectivity index (χ4v) is 15.5. The third-order valence-corrected chi connectivity index (χ3v) is 14.7. The van der Waals surface area contributed by atoms with E-state index in [1.165, 1.54) is 32.3 Å². The molecule has 4 fully saturated rings. The average Bonchev–Trinajstić information content (AvgIpc) is 3.15. The van der Waals surface area contributed by atoms with E-state index in [1.54, 1.807) is 0 Å². The normalized spacial score (nSPS) is 36.4. The highest BCUT2D eigenvalue weighted by molar-refractivity contribution is 7.83. The summed E-state index contributed by atoms with van der Waals surface area (Å²) in [5, 5.41) is 10.0. The predicted octanol–water partition coefficient (Wildman–Crippen LogP) is 5.97. The molecule has 0 N–H and O–H groups in total. The summed E-state index contributed by atoms with van der Waals surface area (Å²) in [6, 6.07) is 17.8. The Hall–Kier alpha value is -1.12. The molecule has 0 aliphatic carbocycles. The molecule has 4 unspecified atom stereocenters. The Labute approximate surface area is 209 Å². The van der Waals surface area contributed by atoms with Crippen molar-refractivity contribution in [1.29, 1.82) is 0 Å². The van der Waals surface area contributed by atoms with Crippen LogP contribution in [0.2, 0.25) is 0 Å². The van der Waals surface area contributed by atoms with E-state index in [0.29, 0.717) is 0 Å². The summed E-state index contributed by atoms with van der Waals surface area (Å²) in [4.78, 5) is 0. The van der Waals surface area contributed by atoms with Gasteiger partial charge in [0.05, 0.1) is 10.7 Å². The van der Waals surface area contributed by atoms with E-state index in [-0.39, 0.29) is 10.7 Å². The highest BCUT2D eigenvalue weighted by atomic mass is 32.1. The third kappa shape index (κ3) is 3.49. The second-order valence-corrected chi connectivity index (χ2v) is 16.6. The van der Waals surface area contributed by atoms with Crippen LogP contribution in [-0.2, 0) is 14.2 Å². The van der Waals surface area contributed by atoms with E-state index >= 15 is 0 Å². The van der Waals surface area contributed by atoms with Crippen LogP contribution in [0.4, 0.5) is 0 Å². The van der Waals surface area contributed by atoms with Gasteiger partial charge in [0.2, 0.25) is 0 Å². The second kappa shape index (κ2) is 7.69. The molecule has 2 aromatic carbocycles. The van der Waals surface area contributed by atoms with E-state index in [1.807, 2.05) is 11.3 Å². The van der Waals surface area contributed by atoms with Gasteiger partial charge in [0.25, 0.3) is 0 Å². The molecule has 178 valence electrons. The zero-order valence-electron chi connectivity index (χ0n) is 20.7. The Balaban J connectivity index is 1.54. The summed E-state index contributed by atoms with van der Waals surface area (Å²) in [5.74, 6) is -1.17. The van der Waals surface area contributed by atoms with Gasteiger partial charge in [0.15, 0.2) is 11.6 Å². The van der Waals surface area contributed by atoms with Crippen LogP contribution in [-0.4, -0.2) is 22.3 Å². The van der Waals surface area contributed by atoms with Crippen LogP contribution in [0, 0.1) is 13.8 Å². The van der Waals surface area contributed by atoms with Gasteiger partial charge in [0, 0.05) is 23.5 Å². The van der Waals surface area contributed by atoms with Crippen LogP contribution in [0.5, 0.6) is 0 Å². The number of hydrogen-bond donors (Lipinski definition) is 0. The lowest BCUT2D eigenvalue weighted by Gasteiger charge is -2.69. The maximum Gasteiger partial charge on any atom is 0.173 e. The summed E-state index contributed by atoms with van der Waals surface area (Å²) in [6.45, 7) is 13.3. The van der Waals surface area contributed by atoms with Crippen LogP contribution in [0.1, 0.15) is 51.7 Å². The molecule has 3 aromatic rings. The quantitative estimate of drug-likeness (QED) is 0.405. The van der Waals surface area contributed by atoms with Crippen molar-refractivity contribution in [3.8, 4) is 0 Å². The van der Waals surface area contributed by atoms with Gasteiger partial charge in [0.1, 0.15) is 0 Å². The Morgan fingerprint density at radius 1 is 0.706 bits per heavy atom. The molecule has 0 radical (unpaired) electrons. The van der Waals surface area contributed by atoms with Crippen LogP contribution >= 0.6 is 27.2 Å². The number of benzene rings is 2. The fourth-order valence-electron chi connectivity index (χ4n) is 6.73. The molecule has 5 heterocycles. The number of aryl methyl sites for hydroxylation is 2. The molecule has 0 spiro atoms. The van der Waals surface area contributed by atoms with Crippen molar-refractivity contribution in [2.45, 2.75) is 76.6 Å². The maximum absolute atomic E-state index is 6.80. The summed E-state index contributed by atoms with van der Waals surface area (Å²) in [6.07, 6.45) is 1.53. The van der Waals surface area contributed by atoms with Crippen molar-refractivity contribution in [2.24, 2.45) is 0 Å². The largest absolute Gasteiger partial charge is 0.339 e. The second-order valence-electron chi connectivity index (χ2n) is 10.7. The molecule has 1 aromatic heterocycles. The summed E-state index contributed by atoms with van der Waals surface area (Å²) in [7, 11) is -1.44. The molecule has 4 saturated heterocycles. The van der Waals surface area contributed by atoms with Crippen LogP contribution in [0.15, 0.2) is 59.3 Å². The van der Waals surface area contributed by atoms with E-state index in [4.69, 9.17) is 14.2 Å². The molecule has 3 nitrogen and oxygen atoms in total. The molecule has 6 heteroatoms. The van der Waals surface area contributed by atoms with E-state index in [2.05, 4.69) is 101 Å². The highest BCUT2D eigenvalue weighted by Gasteiger charge is 2.71. The Kier molecular flexibility index (Phi) is 5.27. The maximum atomic E-state index is 6.80. The minimum absolute atomic E-state index is 0.281. The molecular weight excluding hydrogens is 478 g/mol. The van der Waals surface area contributed by atoms with Crippen molar-refractivity contribution in [3.05, 3.63) is 70.4 Å². The minimum atomic E-state index is -0.743. The Morgan fingerprint density at radius 2 is 1.21 bits per heavy atom. The van der Waals surface area contributed by atoms with E-state index < -0.39 is 27.4 Å². The molecular formula is C28H32O3P2S. The molecule has 0 amide bonds. The SMILES string of the molecule is Cc1ccccc1P(c1ccccc1C)c1cscc1P1C2(C)CC3(C)OC(C)(CC1(C)O3)O2. The minimum Gasteiger partial charge on any atom is -0.339 e. The summed E-state index contributed by atoms with van der Waals surface area (Å²) < 4.78 is 19.9. The van der Waals surface area contributed by atoms with Crippen LogP contribution < -0.4 is 21.2 Å². The number of thiophene rings is 1. The third-order valence-electron chi connectivity index (χ3n) is 7.36. The standard InChI is InChI=1S/C28H32O3P2S/c1-19-11-7-9-13-21(19)32(22-14-10-8-12-20(22)2)23-15-34-16-24(23)33-27(5)17-25(3)29-26(4,31-27)18-28(33,6)30-25/h7-16H,17-18H2,1-6H3. The van der Waals surface area contributed by atoms with Gasteiger partial charge in [-0.25, -0.2) is 0 Å². The number of rotatable bonds is 4. The van der Waals surface area contributed by atoms with Gasteiger partial charge in [-0.05, 0) is 89.9 Å². The van der Waals surface area contributed by atoms with Gasteiger partial charge < -0.3 is 14.2 Å². The first kappa shape index (κ1) is 23.3. The average molecular weight is 511 g/mol. The molecule has 4 bridgehead atoms. The lowest BCUT2D eigenvalue weighted by molar-refractivity contribution is -0.467. The van der Waals surface area contributed by atoms with Crippen molar-refractivity contribution in [1.82, 2.24) is 0 Å². The monoisotopic (exact) mass is 510 g/mol. The van der Waals surface area contributed by atoms with Gasteiger partial charge in [-0.15, -0.1) is 0 Å².